The summed E-state index contributed by atoms with van der Waals surface area (Å²) < 4.78 is 17.8. The molecule has 2 bridgehead atoms. The molecular formula is C19H24N4O4S. The number of nitrogens with zero attached hydrogens (tertiary/aromatic N) is 3. The van der Waals surface area contributed by atoms with Gasteiger partial charge in [0.2, 0.25) is 0 Å². The molecule has 0 saturated carbocycles. The zero-order chi connectivity index (χ0) is 19.1. The fourth-order valence-electron chi connectivity index (χ4n) is 4.19. The Balaban J connectivity index is 1.41. The van der Waals surface area contributed by atoms with Gasteiger partial charge >= 0.3 is 6.03 Å². The van der Waals surface area contributed by atoms with Gasteiger partial charge in [-0.2, -0.15) is 0 Å². The van der Waals surface area contributed by atoms with Crippen molar-refractivity contribution in [3.8, 4) is 5.75 Å². The zero-order valence-electron chi connectivity index (χ0n) is 15.8. The Hall–Kier alpha value is -2.10. The van der Waals surface area contributed by atoms with Crippen LogP contribution in [0.1, 0.15) is 12.8 Å². The van der Waals surface area contributed by atoms with Crippen LogP contribution >= 0.6 is 11.3 Å². The summed E-state index contributed by atoms with van der Waals surface area (Å²) in [6.07, 6.45) is 2.42. The van der Waals surface area contributed by atoms with Crippen LogP contribution in [0.3, 0.4) is 0 Å². The van der Waals surface area contributed by atoms with E-state index >= 15 is 0 Å². The monoisotopic (exact) mass is 404 g/mol. The quantitative estimate of drug-likeness (QED) is 0.847. The molecule has 8 nitrogen and oxygen atoms in total. The van der Waals surface area contributed by atoms with Gasteiger partial charge in [-0.1, -0.05) is 11.3 Å². The molecule has 1 aromatic heterocycles. The number of anilines is 2. The van der Waals surface area contributed by atoms with Crippen LogP contribution in [-0.2, 0) is 9.47 Å². The van der Waals surface area contributed by atoms with E-state index in [1.807, 2.05) is 11.0 Å². The lowest BCUT2D eigenvalue weighted by atomic mass is 10.2. The number of carbonyl (C=O) groups excluding carboxylic acids is 1. The van der Waals surface area contributed by atoms with Gasteiger partial charge in [0.25, 0.3) is 0 Å². The first-order chi connectivity index (χ1) is 13.7. The van der Waals surface area contributed by atoms with E-state index in [0.29, 0.717) is 24.0 Å². The van der Waals surface area contributed by atoms with Crippen LogP contribution in [-0.4, -0.2) is 74.6 Å². The Morgan fingerprint density at radius 2 is 2.00 bits per heavy atom. The number of morpholine rings is 2. The molecule has 1 aromatic carbocycles. The molecule has 28 heavy (non-hydrogen) atoms. The molecule has 3 aliphatic heterocycles. The first-order valence-corrected chi connectivity index (χ1v) is 10.5. The van der Waals surface area contributed by atoms with Crippen LogP contribution in [0.5, 0.6) is 5.75 Å². The molecule has 0 spiro atoms. The van der Waals surface area contributed by atoms with E-state index < -0.39 is 0 Å². The standard InChI is InChI=1S/C19H24N4O4S/c1-25-15-5-4-14(22-6-8-26-9-7-22)17-16(15)20-18(28-17)21-19(24)23-10-12-2-3-13(11-23)27-12/h4-5,12-13H,2-3,6-11H2,1H3,(H,20,21,24)/t12-,13+. The van der Waals surface area contributed by atoms with Crippen LogP contribution < -0.4 is 15.0 Å². The number of nitrogens with one attached hydrogen (secondary N) is 1. The normalized spacial score (nSPS) is 24.6. The highest BCUT2D eigenvalue weighted by molar-refractivity contribution is 7.23. The number of thiazole rings is 1. The molecular weight excluding hydrogens is 380 g/mol. The van der Waals surface area contributed by atoms with Crippen molar-refractivity contribution in [2.75, 3.05) is 56.7 Å². The smallest absolute Gasteiger partial charge is 0.323 e. The maximum atomic E-state index is 12.8. The first kappa shape index (κ1) is 18.0. The number of aromatic nitrogens is 1. The van der Waals surface area contributed by atoms with E-state index in [4.69, 9.17) is 14.2 Å². The average Bonchev–Trinajstić information content (AvgIpc) is 3.30. The van der Waals surface area contributed by atoms with E-state index in [0.717, 1.165) is 55.0 Å². The minimum Gasteiger partial charge on any atom is -0.494 e. The highest BCUT2D eigenvalue weighted by Crippen LogP contribution is 2.39. The highest BCUT2D eigenvalue weighted by Gasteiger charge is 2.36. The molecule has 0 unspecified atom stereocenters. The third-order valence-corrected chi connectivity index (χ3v) is 6.60. The molecule has 9 heteroatoms. The second kappa shape index (κ2) is 7.38. The number of methoxy groups -OCH3 is 1. The Bertz CT molecular complexity index is 870. The maximum absolute atomic E-state index is 12.8. The van der Waals surface area contributed by atoms with Crippen LogP contribution in [0.4, 0.5) is 15.6 Å². The van der Waals surface area contributed by atoms with Crippen molar-refractivity contribution in [3.63, 3.8) is 0 Å². The summed E-state index contributed by atoms with van der Waals surface area (Å²) in [5, 5.41) is 3.59. The Kier molecular flexibility index (Phi) is 4.73. The molecule has 3 saturated heterocycles. The number of hydrogen-bond acceptors (Lipinski definition) is 7. The van der Waals surface area contributed by atoms with Crippen molar-refractivity contribution in [2.24, 2.45) is 0 Å². The van der Waals surface area contributed by atoms with Gasteiger partial charge in [-0.3, -0.25) is 5.32 Å². The summed E-state index contributed by atoms with van der Waals surface area (Å²) in [5.74, 6) is 0.716. The molecule has 3 fully saturated rings. The zero-order valence-corrected chi connectivity index (χ0v) is 16.7. The van der Waals surface area contributed by atoms with Crippen molar-refractivity contribution >= 4 is 38.4 Å². The van der Waals surface area contributed by atoms with Gasteiger partial charge in [0.1, 0.15) is 11.3 Å². The molecule has 5 rings (SSSR count). The highest BCUT2D eigenvalue weighted by atomic mass is 32.1. The van der Waals surface area contributed by atoms with Crippen LogP contribution in [0.25, 0.3) is 10.2 Å². The lowest BCUT2D eigenvalue weighted by Crippen LogP contribution is -2.47. The van der Waals surface area contributed by atoms with E-state index in [2.05, 4.69) is 21.3 Å². The Morgan fingerprint density at radius 3 is 2.71 bits per heavy atom. The maximum Gasteiger partial charge on any atom is 0.323 e. The van der Waals surface area contributed by atoms with Gasteiger partial charge in [-0.15, -0.1) is 0 Å². The largest absolute Gasteiger partial charge is 0.494 e. The van der Waals surface area contributed by atoms with E-state index in [9.17, 15) is 4.79 Å². The van der Waals surface area contributed by atoms with Crippen molar-refractivity contribution in [1.29, 1.82) is 0 Å². The molecule has 2 aromatic rings. The number of benzene rings is 1. The number of rotatable bonds is 3. The number of urea groups is 1. The predicted octanol–water partition coefficient (Wildman–Crippen LogP) is 2.54. The van der Waals surface area contributed by atoms with Crippen LogP contribution in [0, 0.1) is 0 Å². The fourth-order valence-corrected chi connectivity index (χ4v) is 5.21. The lowest BCUT2D eigenvalue weighted by Gasteiger charge is -2.31. The van der Waals surface area contributed by atoms with Gasteiger partial charge in [0.15, 0.2) is 5.13 Å². The lowest BCUT2D eigenvalue weighted by molar-refractivity contribution is -0.0219. The van der Waals surface area contributed by atoms with Crippen molar-refractivity contribution in [2.45, 2.75) is 25.0 Å². The number of fused-ring (bicyclic) bond motifs is 3. The second-order valence-corrected chi connectivity index (χ2v) is 8.37. The third kappa shape index (κ3) is 3.27. The molecule has 0 aliphatic carbocycles. The van der Waals surface area contributed by atoms with E-state index in [1.54, 1.807) is 7.11 Å². The molecule has 1 N–H and O–H groups in total. The van der Waals surface area contributed by atoms with Crippen LogP contribution in [0.15, 0.2) is 12.1 Å². The average molecular weight is 404 g/mol. The van der Waals surface area contributed by atoms with Crippen molar-refractivity contribution < 1.29 is 19.0 Å². The second-order valence-electron chi connectivity index (χ2n) is 7.38. The topological polar surface area (TPSA) is 76.2 Å². The molecule has 4 heterocycles. The third-order valence-electron chi connectivity index (χ3n) is 5.60. The van der Waals surface area contributed by atoms with Gasteiger partial charge in [-0.25, -0.2) is 9.78 Å². The van der Waals surface area contributed by atoms with Crippen LogP contribution in [0.2, 0.25) is 0 Å². The van der Waals surface area contributed by atoms with E-state index in [-0.39, 0.29) is 18.2 Å². The summed E-state index contributed by atoms with van der Waals surface area (Å²) in [6.45, 7) is 4.42. The first-order valence-electron chi connectivity index (χ1n) is 9.73. The van der Waals surface area contributed by atoms with Gasteiger partial charge in [0.05, 0.1) is 42.9 Å². The summed E-state index contributed by atoms with van der Waals surface area (Å²) >= 11 is 1.49. The van der Waals surface area contributed by atoms with E-state index in [1.165, 1.54) is 11.3 Å². The summed E-state index contributed by atoms with van der Waals surface area (Å²) in [5.41, 5.74) is 1.90. The number of carbonyl (C=O) groups is 1. The summed E-state index contributed by atoms with van der Waals surface area (Å²) in [7, 11) is 1.64. The minimum atomic E-state index is -0.105. The van der Waals surface area contributed by atoms with Gasteiger partial charge in [-0.05, 0) is 25.0 Å². The SMILES string of the molecule is COc1ccc(N2CCOCC2)c2sc(NC(=O)N3C[C@H]4CC[C@@H](C3)O4)nc12. The predicted molar refractivity (Wildman–Crippen MR) is 108 cm³/mol. The fraction of sp³-hybridized carbons (Fsp3) is 0.579. The Labute approximate surface area is 167 Å². The molecule has 0 radical (unpaired) electrons. The minimum absolute atomic E-state index is 0.105. The molecule has 150 valence electrons. The van der Waals surface area contributed by atoms with Gasteiger partial charge in [0, 0.05) is 26.2 Å². The Morgan fingerprint density at radius 1 is 1.25 bits per heavy atom. The summed E-state index contributed by atoms with van der Waals surface area (Å²) in [4.78, 5) is 21.6. The van der Waals surface area contributed by atoms with Crippen molar-refractivity contribution in [3.05, 3.63) is 12.1 Å². The molecule has 2 amide bonds. The number of ether oxygens (including phenoxy) is 3. The summed E-state index contributed by atoms with van der Waals surface area (Å²) in [6, 6.07) is 3.90. The molecule has 2 atom stereocenters. The number of hydrogen-bond donors (Lipinski definition) is 1. The van der Waals surface area contributed by atoms with Crippen molar-refractivity contribution in [1.82, 2.24) is 9.88 Å². The number of likely N-dealkylation sites (tertiary alicyclic amines) is 1. The van der Waals surface area contributed by atoms with Gasteiger partial charge < -0.3 is 24.0 Å². The number of amides is 2. The molecule has 3 aliphatic rings.